The third kappa shape index (κ3) is 2.40. The van der Waals surface area contributed by atoms with Crippen molar-refractivity contribution in [2.45, 2.75) is 32.0 Å². The van der Waals surface area contributed by atoms with E-state index in [1.807, 2.05) is 17.5 Å². The summed E-state index contributed by atoms with van der Waals surface area (Å²) in [7, 11) is 0. The zero-order chi connectivity index (χ0) is 12.4. The molecular formula is C14H15NO2S. The van der Waals surface area contributed by atoms with Gasteiger partial charge in [0.2, 0.25) is 0 Å². The molecule has 1 aliphatic rings. The first-order valence-corrected chi connectivity index (χ1v) is 7.03. The summed E-state index contributed by atoms with van der Waals surface area (Å²) >= 11 is 1.59. The first-order valence-electron chi connectivity index (χ1n) is 6.15. The van der Waals surface area contributed by atoms with Crippen molar-refractivity contribution in [3.63, 3.8) is 0 Å². The highest BCUT2D eigenvalue weighted by Gasteiger charge is 2.18. The molecule has 1 aromatic heterocycles. The smallest absolute Gasteiger partial charge is 0.140 e. The largest absolute Gasteiger partial charge is 0.486 e. The van der Waals surface area contributed by atoms with Gasteiger partial charge in [-0.3, -0.25) is 0 Å². The van der Waals surface area contributed by atoms with Gasteiger partial charge in [0.25, 0.3) is 0 Å². The van der Waals surface area contributed by atoms with Crippen molar-refractivity contribution in [2.75, 3.05) is 0 Å². The molecule has 2 aromatic rings. The Morgan fingerprint density at radius 3 is 3.22 bits per heavy atom. The van der Waals surface area contributed by atoms with Crippen LogP contribution in [0.3, 0.4) is 0 Å². The molecule has 0 radical (unpaired) electrons. The van der Waals surface area contributed by atoms with Crippen molar-refractivity contribution < 1.29 is 9.84 Å². The Labute approximate surface area is 110 Å². The molecule has 1 aliphatic carbocycles. The molecule has 0 amide bonds. The molecule has 94 valence electrons. The number of rotatable bonds is 3. The summed E-state index contributed by atoms with van der Waals surface area (Å²) < 4.78 is 5.70. The molecule has 0 spiro atoms. The monoisotopic (exact) mass is 261 g/mol. The second-order valence-corrected chi connectivity index (χ2v) is 5.46. The lowest BCUT2D eigenvalue weighted by molar-refractivity contribution is 0.156. The van der Waals surface area contributed by atoms with Crippen LogP contribution in [0.1, 0.15) is 35.1 Å². The zero-order valence-electron chi connectivity index (χ0n) is 10.0. The number of hydrogen-bond acceptors (Lipinski definition) is 4. The number of thiazole rings is 1. The van der Waals surface area contributed by atoms with E-state index < -0.39 is 0 Å². The van der Waals surface area contributed by atoms with E-state index in [2.05, 4.69) is 11.1 Å². The molecule has 1 atom stereocenters. The highest BCUT2D eigenvalue weighted by Crippen LogP contribution is 2.32. The number of nitrogens with zero attached hydrogens (tertiary/aromatic N) is 1. The van der Waals surface area contributed by atoms with Crippen molar-refractivity contribution in [2.24, 2.45) is 0 Å². The average molecular weight is 261 g/mol. The lowest BCUT2D eigenvalue weighted by Gasteiger charge is -2.21. The van der Waals surface area contributed by atoms with Gasteiger partial charge in [0.15, 0.2) is 0 Å². The van der Waals surface area contributed by atoms with E-state index >= 15 is 0 Å². The molecule has 0 saturated carbocycles. The third-order valence-electron chi connectivity index (χ3n) is 3.25. The van der Waals surface area contributed by atoms with Crippen LogP contribution in [0.2, 0.25) is 0 Å². The fourth-order valence-corrected chi connectivity index (χ4v) is 2.84. The summed E-state index contributed by atoms with van der Waals surface area (Å²) in [5.74, 6) is 0.810. The van der Waals surface area contributed by atoms with Gasteiger partial charge in [0.05, 0.1) is 6.10 Å². The van der Waals surface area contributed by atoms with E-state index in [1.165, 1.54) is 5.56 Å². The quantitative estimate of drug-likeness (QED) is 0.923. The molecule has 3 nitrogen and oxygen atoms in total. The van der Waals surface area contributed by atoms with Crippen LogP contribution in [0.4, 0.5) is 0 Å². The van der Waals surface area contributed by atoms with E-state index in [-0.39, 0.29) is 6.10 Å². The minimum Gasteiger partial charge on any atom is -0.486 e. The van der Waals surface area contributed by atoms with Crippen LogP contribution in [-0.2, 0) is 13.0 Å². The van der Waals surface area contributed by atoms with Crippen molar-refractivity contribution in [3.8, 4) is 5.75 Å². The van der Waals surface area contributed by atoms with Crippen LogP contribution in [-0.4, -0.2) is 10.1 Å². The van der Waals surface area contributed by atoms with E-state index in [0.717, 1.165) is 35.6 Å². The van der Waals surface area contributed by atoms with Gasteiger partial charge in [0, 0.05) is 11.6 Å². The van der Waals surface area contributed by atoms with Gasteiger partial charge in [-0.05, 0) is 42.5 Å². The Hall–Kier alpha value is -1.39. The van der Waals surface area contributed by atoms with Crippen LogP contribution in [0, 0.1) is 0 Å². The fourth-order valence-electron chi connectivity index (χ4n) is 2.31. The average Bonchev–Trinajstić information content (AvgIpc) is 2.90. The van der Waals surface area contributed by atoms with Gasteiger partial charge in [0.1, 0.15) is 17.4 Å². The summed E-state index contributed by atoms with van der Waals surface area (Å²) in [5.41, 5.74) is 2.27. The van der Waals surface area contributed by atoms with Crippen molar-refractivity contribution in [1.82, 2.24) is 4.98 Å². The Morgan fingerprint density at radius 2 is 2.39 bits per heavy atom. The number of benzene rings is 1. The molecule has 0 unspecified atom stereocenters. The molecule has 0 bridgehead atoms. The number of aliphatic hydroxyl groups is 1. The minimum atomic E-state index is -0.336. The number of ether oxygens (including phenoxy) is 1. The van der Waals surface area contributed by atoms with E-state index in [1.54, 1.807) is 17.5 Å². The molecule has 1 heterocycles. The maximum atomic E-state index is 9.97. The molecule has 18 heavy (non-hydrogen) atoms. The predicted octanol–water partition coefficient (Wildman–Crippen LogP) is 3.09. The first-order chi connectivity index (χ1) is 8.83. The normalized spacial score (nSPS) is 18.4. The van der Waals surface area contributed by atoms with Gasteiger partial charge in [-0.1, -0.05) is 6.07 Å². The Bertz CT molecular complexity index is 525. The van der Waals surface area contributed by atoms with Gasteiger partial charge >= 0.3 is 0 Å². The van der Waals surface area contributed by atoms with Crippen molar-refractivity contribution in [3.05, 3.63) is 45.9 Å². The number of hydrogen-bond donors (Lipinski definition) is 1. The van der Waals surface area contributed by atoms with Crippen molar-refractivity contribution in [1.29, 1.82) is 0 Å². The second-order valence-electron chi connectivity index (χ2n) is 4.48. The SMILES string of the molecule is O[C@@H]1CCCc2ccc(OCc3nccs3)cc21. The molecule has 4 heteroatoms. The molecule has 1 N–H and O–H groups in total. The van der Waals surface area contributed by atoms with Crippen LogP contribution < -0.4 is 4.74 Å². The topological polar surface area (TPSA) is 42.4 Å². The molecule has 3 rings (SSSR count). The summed E-state index contributed by atoms with van der Waals surface area (Å²) in [6, 6.07) is 6.01. The molecule has 0 fully saturated rings. The molecular weight excluding hydrogens is 246 g/mol. The Balaban J connectivity index is 1.75. The van der Waals surface area contributed by atoms with Crippen LogP contribution in [0.15, 0.2) is 29.8 Å². The number of fused-ring (bicyclic) bond motifs is 1. The highest BCUT2D eigenvalue weighted by molar-refractivity contribution is 7.09. The lowest BCUT2D eigenvalue weighted by Crippen LogP contribution is -2.09. The number of aryl methyl sites for hydroxylation is 1. The summed E-state index contributed by atoms with van der Waals surface area (Å²) in [5, 5.41) is 12.9. The lowest BCUT2D eigenvalue weighted by atomic mass is 9.89. The molecule has 1 aromatic carbocycles. The summed E-state index contributed by atoms with van der Waals surface area (Å²) in [4.78, 5) is 4.18. The summed E-state index contributed by atoms with van der Waals surface area (Å²) in [6.45, 7) is 0.493. The molecule has 0 aliphatic heterocycles. The van der Waals surface area contributed by atoms with Gasteiger partial charge in [-0.25, -0.2) is 4.98 Å². The van der Waals surface area contributed by atoms with Crippen LogP contribution in [0.25, 0.3) is 0 Å². The van der Waals surface area contributed by atoms with Crippen LogP contribution >= 0.6 is 11.3 Å². The van der Waals surface area contributed by atoms with E-state index in [0.29, 0.717) is 6.61 Å². The minimum absolute atomic E-state index is 0.336. The number of aromatic nitrogens is 1. The first kappa shape index (κ1) is 11.7. The van der Waals surface area contributed by atoms with Crippen molar-refractivity contribution >= 4 is 11.3 Å². The second kappa shape index (κ2) is 5.08. The van der Waals surface area contributed by atoms with Gasteiger partial charge in [-0.15, -0.1) is 11.3 Å². The standard InChI is InChI=1S/C14H15NO2S/c16-13-3-1-2-10-4-5-11(8-12(10)13)17-9-14-15-6-7-18-14/h4-8,13,16H,1-3,9H2/t13-/m1/s1. The van der Waals surface area contributed by atoms with Gasteiger partial charge in [-0.2, -0.15) is 0 Å². The number of aliphatic hydroxyl groups excluding tert-OH is 1. The van der Waals surface area contributed by atoms with Crippen LogP contribution in [0.5, 0.6) is 5.75 Å². The van der Waals surface area contributed by atoms with E-state index in [4.69, 9.17) is 4.74 Å². The molecule has 0 saturated heterocycles. The predicted molar refractivity (Wildman–Crippen MR) is 70.8 cm³/mol. The third-order valence-corrected chi connectivity index (χ3v) is 4.00. The fraction of sp³-hybridized carbons (Fsp3) is 0.357. The Kier molecular flexibility index (Phi) is 3.30. The summed E-state index contributed by atoms with van der Waals surface area (Å²) in [6.07, 6.45) is 4.41. The van der Waals surface area contributed by atoms with E-state index in [9.17, 15) is 5.11 Å². The Morgan fingerprint density at radius 1 is 1.44 bits per heavy atom. The maximum Gasteiger partial charge on any atom is 0.140 e. The highest BCUT2D eigenvalue weighted by atomic mass is 32.1. The van der Waals surface area contributed by atoms with Gasteiger partial charge < -0.3 is 9.84 Å². The zero-order valence-corrected chi connectivity index (χ0v) is 10.8. The maximum absolute atomic E-state index is 9.97.